The number of nitrogens with zero attached hydrogens (tertiary/aromatic N) is 2. The first kappa shape index (κ1) is 21.3. The van der Waals surface area contributed by atoms with Gasteiger partial charge in [-0.1, -0.05) is 41.9 Å². The zero-order valence-corrected chi connectivity index (χ0v) is 18.4. The molecule has 1 aromatic heterocycles. The molecule has 160 valence electrons. The van der Waals surface area contributed by atoms with Crippen LogP contribution in [0.2, 0.25) is 5.02 Å². The number of thiazole rings is 1. The Morgan fingerprint density at radius 2 is 1.97 bits per heavy atom. The Kier molecular flexibility index (Phi) is 6.84. The average molecular weight is 456 g/mol. The molecule has 6 nitrogen and oxygen atoms in total. The number of hydrogen-bond donors (Lipinski definition) is 1. The molecule has 1 aliphatic rings. The van der Waals surface area contributed by atoms with Crippen molar-refractivity contribution < 1.29 is 14.3 Å². The van der Waals surface area contributed by atoms with Crippen LogP contribution in [0.5, 0.6) is 5.75 Å². The van der Waals surface area contributed by atoms with Gasteiger partial charge in [0.1, 0.15) is 17.4 Å². The first-order chi connectivity index (χ1) is 15.1. The minimum atomic E-state index is -0.275. The Balaban J connectivity index is 1.41. The lowest BCUT2D eigenvalue weighted by atomic mass is 10.0. The van der Waals surface area contributed by atoms with Crippen molar-refractivity contribution in [3.8, 4) is 5.75 Å². The largest absolute Gasteiger partial charge is 0.486 e. The number of rotatable bonds is 6. The molecule has 1 fully saturated rings. The van der Waals surface area contributed by atoms with E-state index in [1.54, 1.807) is 29.2 Å². The van der Waals surface area contributed by atoms with Gasteiger partial charge in [0.2, 0.25) is 11.8 Å². The van der Waals surface area contributed by atoms with E-state index >= 15 is 0 Å². The second-order valence-corrected chi connectivity index (χ2v) is 8.60. The molecule has 0 bridgehead atoms. The van der Waals surface area contributed by atoms with E-state index in [9.17, 15) is 9.59 Å². The maximum absolute atomic E-state index is 13.1. The van der Waals surface area contributed by atoms with E-state index in [4.69, 9.17) is 16.3 Å². The van der Waals surface area contributed by atoms with Gasteiger partial charge in [-0.25, -0.2) is 4.98 Å². The van der Waals surface area contributed by atoms with Gasteiger partial charge < -0.3 is 15.0 Å². The first-order valence-electron chi connectivity index (χ1n) is 10.0. The minimum Gasteiger partial charge on any atom is -0.486 e. The van der Waals surface area contributed by atoms with Crippen molar-refractivity contribution in [2.75, 3.05) is 13.1 Å². The smallest absolute Gasteiger partial charge is 0.229 e. The summed E-state index contributed by atoms with van der Waals surface area (Å²) in [4.78, 5) is 31.6. The van der Waals surface area contributed by atoms with Crippen molar-refractivity contribution in [2.24, 2.45) is 0 Å². The molecule has 0 radical (unpaired) electrons. The van der Waals surface area contributed by atoms with Crippen LogP contribution >= 0.6 is 22.9 Å². The summed E-state index contributed by atoms with van der Waals surface area (Å²) >= 11 is 7.35. The van der Waals surface area contributed by atoms with Crippen LogP contribution in [0.3, 0.4) is 0 Å². The zero-order valence-electron chi connectivity index (χ0n) is 16.8. The number of carbonyl (C=O) groups is 2. The van der Waals surface area contributed by atoms with Crippen LogP contribution in [0.1, 0.15) is 28.7 Å². The fraction of sp³-hybridized carbons (Fsp3) is 0.261. The van der Waals surface area contributed by atoms with Crippen molar-refractivity contribution >= 4 is 34.8 Å². The molecule has 1 N–H and O–H groups in total. The second kappa shape index (κ2) is 9.94. The number of nitrogens with one attached hydrogen (secondary N) is 1. The third-order valence-corrected chi connectivity index (χ3v) is 6.17. The normalized spacial score (nSPS) is 16.5. The maximum atomic E-state index is 13.1. The Morgan fingerprint density at radius 3 is 2.74 bits per heavy atom. The van der Waals surface area contributed by atoms with Crippen LogP contribution in [-0.4, -0.2) is 34.8 Å². The number of carbonyl (C=O) groups excluding carboxylic acids is 2. The summed E-state index contributed by atoms with van der Waals surface area (Å²) in [6.45, 7) is 1.25. The van der Waals surface area contributed by atoms with Gasteiger partial charge in [0.25, 0.3) is 0 Å². The molecule has 3 aromatic rings. The van der Waals surface area contributed by atoms with Gasteiger partial charge in [-0.05, 0) is 29.8 Å². The monoisotopic (exact) mass is 455 g/mol. The van der Waals surface area contributed by atoms with Gasteiger partial charge in [-0.2, -0.15) is 0 Å². The number of ether oxygens (including phenoxy) is 1. The van der Waals surface area contributed by atoms with Crippen molar-refractivity contribution in [1.82, 2.24) is 15.2 Å². The van der Waals surface area contributed by atoms with Gasteiger partial charge in [0.05, 0.1) is 24.6 Å². The quantitative estimate of drug-likeness (QED) is 0.609. The van der Waals surface area contributed by atoms with Crippen LogP contribution in [0.25, 0.3) is 0 Å². The topological polar surface area (TPSA) is 71.5 Å². The molecule has 8 heteroatoms. The summed E-state index contributed by atoms with van der Waals surface area (Å²) in [5.74, 6) is 0.630. The molecular weight excluding hydrogens is 434 g/mol. The summed E-state index contributed by atoms with van der Waals surface area (Å²) in [5, 5.41) is 6.20. The van der Waals surface area contributed by atoms with E-state index in [-0.39, 0.29) is 30.7 Å². The molecule has 1 saturated heterocycles. The number of halogens is 1. The van der Waals surface area contributed by atoms with Crippen LogP contribution < -0.4 is 10.1 Å². The highest BCUT2D eigenvalue weighted by Gasteiger charge is 2.30. The number of hydrogen-bond acceptors (Lipinski definition) is 5. The first-order valence-corrected chi connectivity index (χ1v) is 11.3. The highest BCUT2D eigenvalue weighted by Crippen LogP contribution is 2.27. The average Bonchev–Trinajstić information content (AvgIpc) is 3.13. The molecule has 1 aliphatic heterocycles. The summed E-state index contributed by atoms with van der Waals surface area (Å²) in [6, 6.07) is 16.6. The van der Waals surface area contributed by atoms with Gasteiger partial charge in [-0.3, -0.25) is 9.59 Å². The molecule has 2 amide bonds. The van der Waals surface area contributed by atoms with Crippen LogP contribution in [0.15, 0.2) is 60.0 Å². The standard InChI is InChI=1S/C23H22ClN3O3S/c24-17-6-8-19(9-7-17)30-14-22-26-18(15-31-22)12-23(29)27-11-10-25-21(28)13-20(27)16-4-2-1-3-5-16/h1-9,15,20H,10-14H2,(H,25,28). The molecule has 4 rings (SSSR count). The summed E-state index contributed by atoms with van der Waals surface area (Å²) in [5.41, 5.74) is 1.67. The van der Waals surface area contributed by atoms with Crippen molar-refractivity contribution in [3.05, 3.63) is 81.3 Å². The molecule has 2 heterocycles. The van der Waals surface area contributed by atoms with E-state index < -0.39 is 0 Å². The Bertz CT molecular complexity index is 1040. The second-order valence-electron chi connectivity index (χ2n) is 7.22. The summed E-state index contributed by atoms with van der Waals surface area (Å²) in [6.07, 6.45) is 0.446. The molecular formula is C23H22ClN3O3S. The van der Waals surface area contributed by atoms with Gasteiger partial charge in [-0.15, -0.1) is 11.3 Å². The lowest BCUT2D eigenvalue weighted by molar-refractivity contribution is -0.133. The van der Waals surface area contributed by atoms with E-state index in [2.05, 4.69) is 10.3 Å². The van der Waals surface area contributed by atoms with Gasteiger partial charge in [0.15, 0.2) is 0 Å². The molecule has 1 atom stereocenters. The van der Waals surface area contributed by atoms with E-state index in [0.29, 0.717) is 36.2 Å². The fourth-order valence-electron chi connectivity index (χ4n) is 3.53. The lowest BCUT2D eigenvalue weighted by Gasteiger charge is -2.29. The van der Waals surface area contributed by atoms with E-state index in [1.807, 2.05) is 35.7 Å². The van der Waals surface area contributed by atoms with E-state index in [1.165, 1.54) is 11.3 Å². The summed E-state index contributed by atoms with van der Waals surface area (Å²) in [7, 11) is 0. The maximum Gasteiger partial charge on any atom is 0.229 e. The zero-order chi connectivity index (χ0) is 21.6. The summed E-state index contributed by atoms with van der Waals surface area (Å²) < 4.78 is 5.73. The molecule has 0 spiro atoms. The predicted molar refractivity (Wildman–Crippen MR) is 120 cm³/mol. The Labute approximate surface area is 189 Å². The van der Waals surface area contributed by atoms with Gasteiger partial charge in [0, 0.05) is 23.5 Å². The lowest BCUT2D eigenvalue weighted by Crippen LogP contribution is -2.37. The van der Waals surface area contributed by atoms with E-state index in [0.717, 1.165) is 10.6 Å². The molecule has 0 saturated carbocycles. The Morgan fingerprint density at radius 1 is 1.19 bits per heavy atom. The molecule has 2 aromatic carbocycles. The van der Waals surface area contributed by atoms with Crippen LogP contribution in [-0.2, 0) is 22.6 Å². The fourth-order valence-corrected chi connectivity index (χ4v) is 4.36. The van der Waals surface area contributed by atoms with Crippen molar-refractivity contribution in [1.29, 1.82) is 0 Å². The number of aromatic nitrogens is 1. The third kappa shape index (κ3) is 5.62. The molecule has 31 heavy (non-hydrogen) atoms. The van der Waals surface area contributed by atoms with Gasteiger partial charge >= 0.3 is 0 Å². The highest BCUT2D eigenvalue weighted by molar-refractivity contribution is 7.09. The minimum absolute atomic E-state index is 0.0409. The van der Waals surface area contributed by atoms with Crippen LogP contribution in [0, 0.1) is 0 Å². The third-order valence-electron chi connectivity index (χ3n) is 5.04. The SMILES string of the molecule is O=C1CC(c2ccccc2)N(C(=O)Cc2csc(COc3ccc(Cl)cc3)n2)CCN1. The number of amides is 2. The molecule has 0 aliphatic carbocycles. The Hall–Kier alpha value is -2.90. The highest BCUT2D eigenvalue weighted by atomic mass is 35.5. The number of benzene rings is 2. The van der Waals surface area contributed by atoms with Crippen LogP contribution in [0.4, 0.5) is 0 Å². The van der Waals surface area contributed by atoms with Crippen molar-refractivity contribution in [2.45, 2.75) is 25.5 Å². The predicted octanol–water partition coefficient (Wildman–Crippen LogP) is 4.01. The molecule has 1 unspecified atom stereocenters. The van der Waals surface area contributed by atoms with Crippen molar-refractivity contribution in [3.63, 3.8) is 0 Å².